The van der Waals surface area contributed by atoms with Crippen LogP contribution in [0.4, 0.5) is 19.0 Å². The Morgan fingerprint density at radius 1 is 1.41 bits per heavy atom. The van der Waals surface area contributed by atoms with Gasteiger partial charge in [0.25, 0.3) is 0 Å². The molecule has 2 rings (SSSR count). The zero-order valence-corrected chi connectivity index (χ0v) is 15.4. The Morgan fingerprint density at radius 3 is 2.70 bits per heavy atom. The van der Waals surface area contributed by atoms with Crippen LogP contribution in [0.25, 0.3) is 0 Å². The summed E-state index contributed by atoms with van der Waals surface area (Å²) in [7, 11) is 0. The zero-order chi connectivity index (χ0) is 20.0. The first-order valence-electron chi connectivity index (χ1n) is 7.87. The van der Waals surface area contributed by atoms with Crippen molar-refractivity contribution in [3.8, 4) is 0 Å². The number of rotatable bonds is 8. The van der Waals surface area contributed by atoms with Gasteiger partial charge >= 0.3 is 6.18 Å². The average molecular weight is 405 g/mol. The van der Waals surface area contributed by atoms with Gasteiger partial charge in [-0.3, -0.25) is 9.59 Å². The van der Waals surface area contributed by atoms with Crippen LogP contribution in [0, 0.1) is 6.92 Å². The molecule has 1 atom stereocenters. The van der Waals surface area contributed by atoms with Crippen molar-refractivity contribution in [1.29, 1.82) is 0 Å². The largest absolute Gasteiger partial charge is 0.467 e. The molecule has 0 spiro atoms. The lowest BCUT2D eigenvalue weighted by molar-refractivity contribution is -0.161. The third-order valence-corrected chi connectivity index (χ3v) is 4.48. The van der Waals surface area contributed by atoms with Gasteiger partial charge in [-0.2, -0.15) is 13.2 Å². The van der Waals surface area contributed by atoms with Crippen LogP contribution in [0.1, 0.15) is 18.4 Å². The molecule has 27 heavy (non-hydrogen) atoms. The molecule has 1 unspecified atom stereocenters. The third-order valence-electron chi connectivity index (χ3n) is 3.35. The molecule has 1 N–H and O–H groups in total. The standard InChI is InChI=1S/C16H18F3N3O4S/c1-10-6-13(21-26-10)20-15(24)11(2)27-8-14(23)22(9-16(17,18)19)7-12-4-3-5-25-12/h3-6,11H,7-9H2,1-2H3,(H,20,21,24). The Morgan fingerprint density at radius 2 is 2.15 bits per heavy atom. The third kappa shape index (κ3) is 7.00. The number of amides is 2. The van der Waals surface area contributed by atoms with Crippen LogP contribution in [0.15, 0.2) is 33.4 Å². The number of aryl methyl sites for hydroxylation is 1. The first-order chi connectivity index (χ1) is 12.6. The maximum Gasteiger partial charge on any atom is 0.406 e. The number of alkyl halides is 3. The van der Waals surface area contributed by atoms with Crippen LogP contribution >= 0.6 is 11.8 Å². The lowest BCUT2D eigenvalue weighted by Crippen LogP contribution is -2.39. The van der Waals surface area contributed by atoms with Crippen LogP contribution in [-0.4, -0.2) is 45.6 Å². The highest BCUT2D eigenvalue weighted by Gasteiger charge is 2.33. The first-order valence-corrected chi connectivity index (χ1v) is 8.91. The second-order valence-electron chi connectivity index (χ2n) is 5.71. The Bertz CT molecular complexity index is 761. The van der Waals surface area contributed by atoms with Gasteiger partial charge in [0.2, 0.25) is 11.8 Å². The van der Waals surface area contributed by atoms with Crippen LogP contribution < -0.4 is 5.32 Å². The van der Waals surface area contributed by atoms with E-state index >= 15 is 0 Å². The number of hydrogen-bond donors (Lipinski definition) is 1. The van der Waals surface area contributed by atoms with Gasteiger partial charge in [-0.25, -0.2) is 0 Å². The number of aromatic nitrogens is 1. The molecule has 0 aliphatic heterocycles. The quantitative estimate of drug-likeness (QED) is 0.726. The number of carbonyl (C=O) groups excluding carboxylic acids is 2. The number of anilines is 1. The molecular formula is C16H18F3N3O4S. The van der Waals surface area contributed by atoms with Crippen molar-refractivity contribution in [3.63, 3.8) is 0 Å². The van der Waals surface area contributed by atoms with Crippen molar-refractivity contribution in [2.24, 2.45) is 0 Å². The Labute approximate surface area is 157 Å². The average Bonchev–Trinajstić information content (AvgIpc) is 3.22. The maximum atomic E-state index is 12.8. The molecule has 2 amide bonds. The lowest BCUT2D eigenvalue weighted by atomic mass is 10.3. The Balaban J connectivity index is 1.90. The first kappa shape index (κ1) is 20.9. The SMILES string of the molecule is Cc1cc(NC(=O)C(C)SCC(=O)N(Cc2ccco2)CC(F)(F)F)no1. The van der Waals surface area contributed by atoms with E-state index in [1.54, 1.807) is 13.8 Å². The van der Waals surface area contributed by atoms with E-state index in [0.29, 0.717) is 10.7 Å². The van der Waals surface area contributed by atoms with E-state index in [1.165, 1.54) is 24.5 Å². The van der Waals surface area contributed by atoms with Crippen LogP contribution in [0.3, 0.4) is 0 Å². The topological polar surface area (TPSA) is 88.6 Å². The van der Waals surface area contributed by atoms with E-state index in [9.17, 15) is 22.8 Å². The highest BCUT2D eigenvalue weighted by molar-refractivity contribution is 8.01. The number of nitrogens with zero attached hydrogens (tertiary/aromatic N) is 2. The predicted octanol–water partition coefficient (Wildman–Crippen LogP) is 3.23. The smallest absolute Gasteiger partial charge is 0.406 e. The molecule has 0 aliphatic rings. The van der Waals surface area contributed by atoms with Gasteiger partial charge in [0, 0.05) is 6.07 Å². The van der Waals surface area contributed by atoms with Gasteiger partial charge < -0.3 is 19.2 Å². The molecule has 7 nitrogen and oxygen atoms in total. The Kier molecular flexibility index (Phi) is 6.94. The van der Waals surface area contributed by atoms with Crippen molar-refractivity contribution in [1.82, 2.24) is 10.1 Å². The van der Waals surface area contributed by atoms with Gasteiger partial charge in [-0.15, -0.1) is 11.8 Å². The van der Waals surface area contributed by atoms with Gasteiger partial charge in [0.05, 0.1) is 23.8 Å². The molecule has 0 saturated heterocycles. The summed E-state index contributed by atoms with van der Waals surface area (Å²) in [6, 6.07) is 4.53. The summed E-state index contributed by atoms with van der Waals surface area (Å²) in [5.74, 6) is -0.484. The second-order valence-corrected chi connectivity index (χ2v) is 7.04. The normalized spacial score (nSPS) is 12.6. The molecule has 11 heteroatoms. The molecule has 0 saturated carbocycles. The molecule has 0 radical (unpaired) electrons. The van der Waals surface area contributed by atoms with Crippen molar-refractivity contribution in [3.05, 3.63) is 36.0 Å². The summed E-state index contributed by atoms with van der Waals surface area (Å²) in [5.41, 5.74) is 0. The van der Waals surface area contributed by atoms with E-state index in [1.807, 2.05) is 0 Å². The summed E-state index contributed by atoms with van der Waals surface area (Å²) in [4.78, 5) is 24.9. The van der Waals surface area contributed by atoms with Crippen LogP contribution in [0.5, 0.6) is 0 Å². The van der Waals surface area contributed by atoms with E-state index in [4.69, 9.17) is 8.94 Å². The van der Waals surface area contributed by atoms with E-state index < -0.39 is 29.8 Å². The molecular weight excluding hydrogens is 387 g/mol. The predicted molar refractivity (Wildman–Crippen MR) is 92.0 cm³/mol. The summed E-state index contributed by atoms with van der Waals surface area (Å²) in [6.45, 7) is 1.51. The van der Waals surface area contributed by atoms with Crippen molar-refractivity contribution in [2.45, 2.75) is 31.8 Å². The summed E-state index contributed by atoms with van der Waals surface area (Å²) < 4.78 is 48.1. The second kappa shape index (κ2) is 8.98. The molecule has 2 aromatic heterocycles. The van der Waals surface area contributed by atoms with Gasteiger partial charge in [0.15, 0.2) is 5.82 Å². The molecule has 2 heterocycles. The minimum absolute atomic E-state index is 0.229. The summed E-state index contributed by atoms with van der Waals surface area (Å²) in [5, 5.41) is 5.44. The monoisotopic (exact) mass is 405 g/mol. The van der Waals surface area contributed by atoms with Crippen molar-refractivity contribution < 1.29 is 31.7 Å². The highest BCUT2D eigenvalue weighted by Crippen LogP contribution is 2.21. The lowest BCUT2D eigenvalue weighted by Gasteiger charge is -2.23. The van der Waals surface area contributed by atoms with E-state index in [-0.39, 0.29) is 23.9 Å². The molecule has 0 fully saturated rings. The number of thioether (sulfide) groups is 1. The number of hydrogen-bond acceptors (Lipinski definition) is 6. The number of nitrogens with one attached hydrogen (secondary N) is 1. The van der Waals surface area contributed by atoms with E-state index in [2.05, 4.69) is 10.5 Å². The minimum atomic E-state index is -4.54. The number of furan rings is 1. The van der Waals surface area contributed by atoms with Crippen LogP contribution in [-0.2, 0) is 16.1 Å². The summed E-state index contributed by atoms with van der Waals surface area (Å²) in [6.07, 6.45) is -3.22. The Hall–Kier alpha value is -2.43. The summed E-state index contributed by atoms with van der Waals surface area (Å²) >= 11 is 0.926. The number of halogens is 3. The highest BCUT2D eigenvalue weighted by atomic mass is 32.2. The fourth-order valence-electron chi connectivity index (χ4n) is 2.06. The maximum absolute atomic E-state index is 12.8. The van der Waals surface area contributed by atoms with Gasteiger partial charge in [-0.1, -0.05) is 5.16 Å². The fourth-order valence-corrected chi connectivity index (χ4v) is 2.84. The fraction of sp³-hybridized carbons (Fsp3) is 0.438. The van der Waals surface area contributed by atoms with Crippen molar-refractivity contribution >= 4 is 29.4 Å². The molecule has 0 bridgehead atoms. The molecule has 2 aromatic rings. The van der Waals surface area contributed by atoms with Crippen molar-refractivity contribution in [2.75, 3.05) is 17.6 Å². The van der Waals surface area contributed by atoms with E-state index in [0.717, 1.165) is 11.8 Å². The van der Waals surface area contributed by atoms with Crippen LogP contribution in [0.2, 0.25) is 0 Å². The number of carbonyl (C=O) groups is 2. The molecule has 148 valence electrons. The molecule has 0 aliphatic carbocycles. The zero-order valence-electron chi connectivity index (χ0n) is 14.6. The molecule has 0 aromatic carbocycles. The minimum Gasteiger partial charge on any atom is -0.467 e. The van der Waals surface area contributed by atoms with Gasteiger partial charge in [-0.05, 0) is 26.0 Å². The van der Waals surface area contributed by atoms with Gasteiger partial charge in [0.1, 0.15) is 18.1 Å².